The van der Waals surface area contributed by atoms with E-state index in [0.717, 1.165) is 51.0 Å². The summed E-state index contributed by atoms with van der Waals surface area (Å²) < 4.78 is 25.7. The fourth-order valence-corrected chi connectivity index (χ4v) is 14.3. The third-order valence-electron chi connectivity index (χ3n) is 16.5. The third-order valence-corrected chi connectivity index (χ3v) is 16.5. The Balaban J connectivity index is 1.01. The van der Waals surface area contributed by atoms with Gasteiger partial charge in [0.1, 0.15) is 0 Å². The number of hydrogen-bond acceptors (Lipinski definition) is 9. The average molecular weight is 698 g/mol. The van der Waals surface area contributed by atoms with E-state index in [4.69, 9.17) is 18.9 Å². The molecule has 10 heteroatoms. The van der Waals surface area contributed by atoms with Crippen LogP contribution in [0.5, 0.6) is 0 Å². The number of esters is 1. The number of imidazole rings is 1. The number of ether oxygens (including phenoxy) is 4. The number of morpholine rings is 1. The van der Waals surface area contributed by atoms with Crippen molar-refractivity contribution in [3.8, 4) is 0 Å². The summed E-state index contributed by atoms with van der Waals surface area (Å²) in [5.74, 6) is 1.08. The fraction of sp³-hybridized carbons (Fsp3) is 0.900. The maximum atomic E-state index is 12.6. The predicted octanol–water partition coefficient (Wildman–Crippen LogP) is 5.47. The van der Waals surface area contributed by atoms with E-state index in [0.29, 0.717) is 30.3 Å². The number of fused-ring (bicyclic) bond motifs is 4. The molecule has 2 aliphatic heterocycles. The van der Waals surface area contributed by atoms with Gasteiger partial charge in [-0.15, -0.1) is 0 Å². The van der Waals surface area contributed by atoms with Crippen LogP contribution in [0.4, 0.5) is 0 Å². The van der Waals surface area contributed by atoms with Gasteiger partial charge in [-0.25, -0.2) is 4.98 Å². The molecule has 0 radical (unpaired) electrons. The van der Waals surface area contributed by atoms with Crippen LogP contribution in [0.15, 0.2) is 12.5 Å². The average Bonchev–Trinajstić information content (AvgIpc) is 3.33. The summed E-state index contributed by atoms with van der Waals surface area (Å²) >= 11 is 0. The van der Waals surface area contributed by atoms with Gasteiger partial charge in [0.25, 0.3) is 0 Å². The van der Waals surface area contributed by atoms with Gasteiger partial charge in [0.2, 0.25) is 0 Å². The summed E-state index contributed by atoms with van der Waals surface area (Å²) in [4.78, 5) is 21.9. The lowest BCUT2D eigenvalue weighted by molar-refractivity contribution is -0.249. The number of H-pyrrole nitrogens is 1. The van der Waals surface area contributed by atoms with Crippen LogP contribution in [0.3, 0.4) is 0 Å². The lowest BCUT2D eigenvalue weighted by Gasteiger charge is -2.64. The van der Waals surface area contributed by atoms with E-state index in [1.807, 2.05) is 6.20 Å². The van der Waals surface area contributed by atoms with E-state index in [1.165, 1.54) is 26.2 Å². The Labute approximate surface area is 298 Å². The van der Waals surface area contributed by atoms with Gasteiger partial charge in [0.15, 0.2) is 12.4 Å². The van der Waals surface area contributed by atoms with Gasteiger partial charge in [0.05, 0.1) is 49.5 Å². The zero-order valence-corrected chi connectivity index (χ0v) is 31.7. The molecule has 10 nitrogen and oxygen atoms in total. The van der Waals surface area contributed by atoms with Crippen LogP contribution in [-0.4, -0.2) is 93.2 Å². The van der Waals surface area contributed by atoms with Gasteiger partial charge in [0, 0.05) is 37.3 Å². The number of rotatable bonds is 7. The van der Waals surface area contributed by atoms with E-state index in [1.54, 1.807) is 20.2 Å². The van der Waals surface area contributed by atoms with Crippen LogP contribution in [0.2, 0.25) is 0 Å². The van der Waals surface area contributed by atoms with Crippen LogP contribution in [0, 0.1) is 50.7 Å². The standard InChI is InChI=1S/C40H63N3O7/c1-23-17-26(34(36(5,6)46)48-24(2)44)49-32-31(23)37(7)13-14-40-21-39(40)12-11-29(35(3,4)27(39)9-10-28(40)38(37,8)33(32)45)50-30-20-43(15-16-47-30)19-25-18-41-22-42-25/h18,22-23,26-34,45-46H,9-17,19-21H2,1-8H3,(H,41,42)/t23-,26?,27+,28?,29+,30+,31+,32?,33+,34+,37-,38-,39-,40?/m1/s1. The second-order valence-corrected chi connectivity index (χ2v) is 19.5. The van der Waals surface area contributed by atoms with Crippen LogP contribution in [0.25, 0.3) is 0 Å². The van der Waals surface area contributed by atoms with Crippen LogP contribution >= 0.6 is 0 Å². The van der Waals surface area contributed by atoms with Crippen molar-refractivity contribution >= 4 is 5.97 Å². The molecule has 3 N–H and O–H groups in total. The molecule has 14 atom stereocenters. The SMILES string of the molecule is CC(=O)O[C@@H](C1C[C@@H](C)[C@H]2C(O1)[C@H](O)[C@@]1(C)C3CC[C@H]4C(C)(C)[C@@H](O[C@H]5CN(Cc6cnc[nH]6)CCO5)CC[C@@]45CC35CC[C@]21C)C(C)(C)O. The monoisotopic (exact) mass is 697 g/mol. The molecular weight excluding hydrogens is 634 g/mol. The molecule has 1 aromatic rings. The summed E-state index contributed by atoms with van der Waals surface area (Å²) in [7, 11) is 0. The van der Waals surface area contributed by atoms with E-state index < -0.39 is 29.9 Å². The van der Waals surface area contributed by atoms with Crippen molar-refractivity contribution in [1.82, 2.24) is 14.9 Å². The summed E-state index contributed by atoms with van der Waals surface area (Å²) in [5.41, 5.74) is 0.0944. The summed E-state index contributed by atoms with van der Waals surface area (Å²) in [6, 6.07) is 0. The Kier molecular flexibility index (Phi) is 8.31. The highest BCUT2D eigenvalue weighted by atomic mass is 16.7. The molecule has 8 rings (SSSR count). The van der Waals surface area contributed by atoms with Gasteiger partial charge in [-0.05, 0) is 111 Å². The highest BCUT2D eigenvalue weighted by Gasteiger charge is 2.84. The number of nitrogens with one attached hydrogen (secondary N) is 1. The summed E-state index contributed by atoms with van der Waals surface area (Å²) in [6.45, 7) is 20.0. The molecule has 3 heterocycles. The molecule has 280 valence electrons. The highest BCUT2D eigenvalue weighted by Crippen LogP contribution is 2.89. The first-order valence-corrected chi connectivity index (χ1v) is 19.7. The van der Waals surface area contributed by atoms with Gasteiger partial charge in [-0.1, -0.05) is 34.6 Å². The van der Waals surface area contributed by atoms with Crippen LogP contribution in [0.1, 0.15) is 112 Å². The molecule has 5 aliphatic carbocycles. The van der Waals surface area contributed by atoms with Gasteiger partial charge in [-0.2, -0.15) is 0 Å². The number of carbonyl (C=O) groups is 1. The molecule has 4 unspecified atom stereocenters. The maximum Gasteiger partial charge on any atom is 0.303 e. The number of aromatic nitrogens is 2. The summed E-state index contributed by atoms with van der Waals surface area (Å²) in [5, 5.41) is 23.7. The number of hydrogen-bond donors (Lipinski definition) is 3. The molecule has 50 heavy (non-hydrogen) atoms. The quantitative estimate of drug-likeness (QED) is 0.318. The molecule has 0 bridgehead atoms. The first kappa shape index (κ1) is 35.5. The van der Waals surface area contributed by atoms with E-state index in [9.17, 15) is 15.0 Å². The van der Waals surface area contributed by atoms with E-state index in [-0.39, 0.29) is 52.0 Å². The summed E-state index contributed by atoms with van der Waals surface area (Å²) in [6.07, 6.45) is 10.2. The normalized spacial score (nSPS) is 48.7. The van der Waals surface area contributed by atoms with E-state index in [2.05, 4.69) is 49.5 Å². The molecule has 0 aromatic carbocycles. The number of carbonyl (C=O) groups excluding carboxylic acids is 1. The molecule has 0 amide bonds. The van der Waals surface area contributed by atoms with Crippen molar-refractivity contribution in [1.29, 1.82) is 0 Å². The Morgan fingerprint density at radius 1 is 1.14 bits per heavy atom. The van der Waals surface area contributed by atoms with Crippen molar-refractivity contribution in [3.05, 3.63) is 18.2 Å². The number of nitrogens with zero attached hydrogens (tertiary/aromatic N) is 2. The smallest absolute Gasteiger partial charge is 0.303 e. The minimum absolute atomic E-state index is 0.0271. The molecule has 2 saturated heterocycles. The minimum atomic E-state index is -1.26. The molecule has 2 spiro atoms. The first-order chi connectivity index (χ1) is 23.5. The van der Waals surface area contributed by atoms with Crippen molar-refractivity contribution in [3.63, 3.8) is 0 Å². The fourth-order valence-electron chi connectivity index (χ4n) is 14.3. The number of aliphatic hydroxyl groups is 2. The predicted molar refractivity (Wildman–Crippen MR) is 186 cm³/mol. The van der Waals surface area contributed by atoms with Crippen LogP contribution < -0.4 is 0 Å². The Bertz CT molecular complexity index is 1450. The zero-order valence-electron chi connectivity index (χ0n) is 31.7. The lowest BCUT2D eigenvalue weighted by atomic mass is 9.41. The van der Waals surface area contributed by atoms with Crippen molar-refractivity contribution in [2.45, 2.75) is 156 Å². The van der Waals surface area contributed by atoms with Gasteiger partial charge in [-0.3, -0.25) is 9.69 Å². The van der Waals surface area contributed by atoms with E-state index >= 15 is 0 Å². The largest absolute Gasteiger partial charge is 0.457 e. The van der Waals surface area contributed by atoms with Crippen LogP contribution in [-0.2, 0) is 30.3 Å². The molecule has 5 saturated carbocycles. The van der Waals surface area contributed by atoms with Crippen molar-refractivity contribution in [2.75, 3.05) is 19.7 Å². The Hall–Kier alpha value is -1.56. The van der Waals surface area contributed by atoms with Crippen molar-refractivity contribution in [2.24, 2.45) is 50.7 Å². The molecule has 1 aromatic heterocycles. The second-order valence-electron chi connectivity index (χ2n) is 19.5. The van der Waals surface area contributed by atoms with Gasteiger partial charge >= 0.3 is 5.97 Å². The number of aliphatic hydroxyl groups excluding tert-OH is 1. The maximum absolute atomic E-state index is 12.6. The third kappa shape index (κ3) is 4.93. The molecule has 7 fully saturated rings. The molecular formula is C40H63N3O7. The van der Waals surface area contributed by atoms with Gasteiger partial charge < -0.3 is 34.1 Å². The zero-order chi connectivity index (χ0) is 35.6. The second kappa shape index (κ2) is 11.7. The van der Waals surface area contributed by atoms with Crippen molar-refractivity contribution < 1.29 is 34.0 Å². The Morgan fingerprint density at radius 2 is 1.88 bits per heavy atom. The number of aromatic amines is 1. The Morgan fingerprint density at radius 3 is 2.58 bits per heavy atom. The molecule has 7 aliphatic rings. The lowest BCUT2D eigenvalue weighted by Crippen LogP contribution is -2.60. The first-order valence-electron chi connectivity index (χ1n) is 19.7. The minimum Gasteiger partial charge on any atom is -0.457 e. The highest BCUT2D eigenvalue weighted by molar-refractivity contribution is 5.66. The topological polar surface area (TPSA) is 126 Å².